The number of hydrogen-bond acceptors (Lipinski definition) is 5. The van der Waals surface area contributed by atoms with Crippen LogP contribution in [0, 0.1) is 0 Å². The summed E-state index contributed by atoms with van der Waals surface area (Å²) in [6, 6.07) is 7.88. The van der Waals surface area contributed by atoms with Gasteiger partial charge in [0.05, 0.1) is 12.2 Å². The third-order valence-corrected chi connectivity index (χ3v) is 3.79. The van der Waals surface area contributed by atoms with Gasteiger partial charge in [-0.15, -0.1) is 0 Å². The topological polar surface area (TPSA) is 70.5 Å². The highest BCUT2D eigenvalue weighted by Gasteiger charge is 2.26. The van der Waals surface area contributed by atoms with Gasteiger partial charge in [0.25, 0.3) is 0 Å². The fraction of sp³-hybridized carbons (Fsp3) is 0.438. The van der Waals surface area contributed by atoms with E-state index in [0.717, 1.165) is 48.7 Å². The van der Waals surface area contributed by atoms with Crippen molar-refractivity contribution < 1.29 is 14.0 Å². The van der Waals surface area contributed by atoms with Gasteiger partial charge in [-0.05, 0) is 37.5 Å². The Morgan fingerprint density at radius 2 is 1.95 bits per heavy atom. The van der Waals surface area contributed by atoms with Crippen molar-refractivity contribution in [2.45, 2.75) is 25.7 Å². The van der Waals surface area contributed by atoms with Crippen molar-refractivity contribution >= 4 is 5.82 Å². The van der Waals surface area contributed by atoms with Crippen LogP contribution in [-0.4, -0.2) is 25.0 Å². The van der Waals surface area contributed by atoms with E-state index >= 15 is 0 Å². The molecule has 1 aromatic carbocycles. The Bertz CT molecular complexity index is 586. The van der Waals surface area contributed by atoms with E-state index in [2.05, 4.69) is 5.16 Å². The van der Waals surface area contributed by atoms with Crippen LogP contribution in [0.25, 0.3) is 11.1 Å². The van der Waals surface area contributed by atoms with Crippen molar-refractivity contribution in [3.63, 3.8) is 0 Å². The summed E-state index contributed by atoms with van der Waals surface area (Å²) < 4.78 is 16.4. The second-order valence-corrected chi connectivity index (χ2v) is 5.15. The largest absolute Gasteiger partial charge is 0.494 e. The van der Waals surface area contributed by atoms with E-state index in [4.69, 9.17) is 19.7 Å². The number of benzene rings is 1. The molecule has 3 rings (SSSR count). The molecule has 21 heavy (non-hydrogen) atoms. The van der Waals surface area contributed by atoms with E-state index in [1.165, 1.54) is 0 Å². The molecule has 1 aliphatic rings. The second-order valence-electron chi connectivity index (χ2n) is 5.15. The molecule has 0 saturated carbocycles. The van der Waals surface area contributed by atoms with Crippen molar-refractivity contribution in [3.8, 4) is 16.9 Å². The van der Waals surface area contributed by atoms with Crippen molar-refractivity contribution in [2.75, 3.05) is 25.6 Å². The first-order valence-electron chi connectivity index (χ1n) is 7.35. The minimum Gasteiger partial charge on any atom is -0.494 e. The quantitative estimate of drug-likeness (QED) is 0.935. The smallest absolute Gasteiger partial charge is 0.175 e. The number of nitrogens with zero attached hydrogens (tertiary/aromatic N) is 1. The van der Waals surface area contributed by atoms with Crippen LogP contribution in [0.2, 0.25) is 0 Å². The molecule has 0 spiro atoms. The SMILES string of the molecule is CCOc1ccc(-c2c(N)noc2C2CCOCC2)cc1. The second kappa shape index (κ2) is 6.18. The molecule has 5 nitrogen and oxygen atoms in total. The molecule has 1 aliphatic heterocycles. The molecule has 2 heterocycles. The maximum absolute atomic E-state index is 6.01. The summed E-state index contributed by atoms with van der Waals surface area (Å²) in [6.45, 7) is 4.14. The zero-order valence-corrected chi connectivity index (χ0v) is 12.2. The van der Waals surface area contributed by atoms with Crippen LogP contribution in [0.15, 0.2) is 28.8 Å². The van der Waals surface area contributed by atoms with Gasteiger partial charge in [0.15, 0.2) is 5.82 Å². The minimum absolute atomic E-state index is 0.324. The molecule has 0 aliphatic carbocycles. The summed E-state index contributed by atoms with van der Waals surface area (Å²) in [4.78, 5) is 0. The molecule has 1 aromatic heterocycles. The number of nitrogen functional groups attached to an aromatic ring is 1. The highest BCUT2D eigenvalue weighted by molar-refractivity contribution is 5.76. The first kappa shape index (κ1) is 13.9. The van der Waals surface area contributed by atoms with Crippen LogP contribution in [0.1, 0.15) is 31.4 Å². The number of nitrogens with two attached hydrogens (primary N) is 1. The number of ether oxygens (including phenoxy) is 2. The summed E-state index contributed by atoms with van der Waals surface area (Å²) in [5, 5.41) is 3.96. The Kier molecular flexibility index (Phi) is 4.10. The van der Waals surface area contributed by atoms with Crippen LogP contribution in [-0.2, 0) is 4.74 Å². The minimum atomic E-state index is 0.324. The predicted molar refractivity (Wildman–Crippen MR) is 80.3 cm³/mol. The molecule has 1 saturated heterocycles. The Hall–Kier alpha value is -2.01. The maximum Gasteiger partial charge on any atom is 0.175 e. The Labute approximate surface area is 124 Å². The van der Waals surface area contributed by atoms with Gasteiger partial charge in [0.1, 0.15) is 11.5 Å². The molecule has 5 heteroatoms. The van der Waals surface area contributed by atoms with E-state index in [9.17, 15) is 0 Å². The maximum atomic E-state index is 6.01. The first-order chi connectivity index (χ1) is 10.3. The van der Waals surface area contributed by atoms with E-state index in [1.807, 2.05) is 31.2 Å². The fourth-order valence-electron chi connectivity index (χ4n) is 2.73. The van der Waals surface area contributed by atoms with Crippen LogP contribution in [0.5, 0.6) is 5.75 Å². The molecular weight excluding hydrogens is 268 g/mol. The van der Waals surface area contributed by atoms with E-state index in [0.29, 0.717) is 18.3 Å². The zero-order valence-electron chi connectivity index (χ0n) is 12.2. The predicted octanol–water partition coefficient (Wildman–Crippen LogP) is 3.22. The molecule has 0 atom stereocenters. The average Bonchev–Trinajstić information content (AvgIpc) is 2.91. The van der Waals surface area contributed by atoms with Crippen molar-refractivity contribution in [3.05, 3.63) is 30.0 Å². The normalized spacial score (nSPS) is 16.0. The number of rotatable bonds is 4. The van der Waals surface area contributed by atoms with Crippen molar-refractivity contribution in [1.82, 2.24) is 5.16 Å². The third-order valence-electron chi connectivity index (χ3n) is 3.79. The number of aromatic nitrogens is 1. The van der Waals surface area contributed by atoms with E-state index < -0.39 is 0 Å². The molecule has 0 radical (unpaired) electrons. The molecule has 0 amide bonds. The highest BCUT2D eigenvalue weighted by Crippen LogP contribution is 2.38. The lowest BCUT2D eigenvalue weighted by molar-refractivity contribution is 0.0792. The van der Waals surface area contributed by atoms with Crippen LogP contribution >= 0.6 is 0 Å². The molecule has 2 N–H and O–H groups in total. The fourth-order valence-corrected chi connectivity index (χ4v) is 2.73. The zero-order chi connectivity index (χ0) is 14.7. The average molecular weight is 288 g/mol. The Morgan fingerprint density at radius 1 is 1.24 bits per heavy atom. The number of hydrogen-bond donors (Lipinski definition) is 1. The van der Waals surface area contributed by atoms with Gasteiger partial charge in [0.2, 0.25) is 0 Å². The summed E-state index contributed by atoms with van der Waals surface area (Å²) in [7, 11) is 0. The van der Waals surface area contributed by atoms with Crippen LogP contribution in [0.4, 0.5) is 5.82 Å². The Morgan fingerprint density at radius 3 is 2.62 bits per heavy atom. The summed E-state index contributed by atoms with van der Waals surface area (Å²) >= 11 is 0. The van der Waals surface area contributed by atoms with Gasteiger partial charge >= 0.3 is 0 Å². The van der Waals surface area contributed by atoms with Crippen molar-refractivity contribution in [2.24, 2.45) is 0 Å². The van der Waals surface area contributed by atoms with Crippen LogP contribution in [0.3, 0.4) is 0 Å². The first-order valence-corrected chi connectivity index (χ1v) is 7.35. The summed E-state index contributed by atoms with van der Waals surface area (Å²) in [5.41, 5.74) is 7.93. The Balaban J connectivity index is 1.91. The molecule has 2 aromatic rings. The summed E-state index contributed by atoms with van der Waals surface area (Å²) in [5.74, 6) is 2.50. The van der Waals surface area contributed by atoms with Gasteiger partial charge in [-0.2, -0.15) is 0 Å². The highest BCUT2D eigenvalue weighted by atomic mass is 16.5. The van der Waals surface area contributed by atoms with Gasteiger partial charge in [-0.25, -0.2) is 0 Å². The monoisotopic (exact) mass is 288 g/mol. The van der Waals surface area contributed by atoms with Gasteiger partial charge in [-0.3, -0.25) is 0 Å². The summed E-state index contributed by atoms with van der Waals surface area (Å²) in [6.07, 6.45) is 1.89. The van der Waals surface area contributed by atoms with Gasteiger partial charge < -0.3 is 19.7 Å². The van der Waals surface area contributed by atoms with E-state index in [-0.39, 0.29) is 0 Å². The van der Waals surface area contributed by atoms with Crippen molar-refractivity contribution in [1.29, 1.82) is 0 Å². The standard InChI is InChI=1S/C16H20N2O3/c1-2-20-13-5-3-11(4-6-13)14-15(21-18-16(14)17)12-7-9-19-10-8-12/h3-6,12H,2,7-10H2,1H3,(H2,17,18). The molecular formula is C16H20N2O3. The lowest BCUT2D eigenvalue weighted by atomic mass is 9.92. The molecule has 0 unspecified atom stereocenters. The molecule has 1 fully saturated rings. The van der Waals surface area contributed by atoms with Gasteiger partial charge in [-0.1, -0.05) is 17.3 Å². The lowest BCUT2D eigenvalue weighted by Crippen LogP contribution is -2.14. The van der Waals surface area contributed by atoms with Crippen LogP contribution < -0.4 is 10.5 Å². The number of anilines is 1. The molecule has 112 valence electrons. The van der Waals surface area contributed by atoms with E-state index in [1.54, 1.807) is 0 Å². The third kappa shape index (κ3) is 2.88. The van der Waals surface area contributed by atoms with Gasteiger partial charge in [0, 0.05) is 19.1 Å². The lowest BCUT2D eigenvalue weighted by Gasteiger charge is -2.20. The molecule has 0 bridgehead atoms.